The molecule has 2 amide bonds. The number of hydrogen-bond acceptors (Lipinski definition) is 3. The van der Waals surface area contributed by atoms with Crippen LogP contribution < -0.4 is 0 Å². The molecular weight excluding hydrogens is 409 g/mol. The Kier molecular flexibility index (Phi) is 6.32. The van der Waals surface area contributed by atoms with E-state index in [-0.39, 0.29) is 42.4 Å². The molecule has 3 atom stereocenters. The van der Waals surface area contributed by atoms with E-state index in [1.54, 1.807) is 4.90 Å². The van der Waals surface area contributed by atoms with Crippen molar-refractivity contribution in [2.75, 3.05) is 26.2 Å². The lowest BCUT2D eigenvalue weighted by atomic mass is 9.64. The molecule has 0 aromatic rings. The van der Waals surface area contributed by atoms with Gasteiger partial charge in [-0.05, 0) is 75.5 Å². The van der Waals surface area contributed by atoms with Gasteiger partial charge in [-0.15, -0.1) is 0 Å². The number of alkyl halides is 3. The number of halogens is 3. The number of carbonyl (C=O) groups is 2. The fourth-order valence-corrected chi connectivity index (χ4v) is 6.12. The van der Waals surface area contributed by atoms with Crippen LogP contribution in [0.2, 0.25) is 0 Å². The first-order valence-electron chi connectivity index (χ1n) is 12.0. The third kappa shape index (κ3) is 4.88. The summed E-state index contributed by atoms with van der Waals surface area (Å²) in [6.45, 7) is 4.00. The average Bonchev–Trinajstić information content (AvgIpc) is 3.51. The van der Waals surface area contributed by atoms with Crippen molar-refractivity contribution in [2.24, 2.45) is 29.6 Å². The van der Waals surface area contributed by atoms with Gasteiger partial charge in [0.2, 0.25) is 5.91 Å². The lowest BCUT2D eigenvalue weighted by Gasteiger charge is -2.43. The molecule has 4 aliphatic rings. The molecule has 3 saturated carbocycles. The third-order valence-electron chi connectivity index (χ3n) is 8.45. The number of rotatable bonds is 3. The Balaban J connectivity index is 1.25. The molecule has 4 rings (SSSR count). The van der Waals surface area contributed by atoms with Gasteiger partial charge in [0.1, 0.15) is 5.60 Å². The van der Waals surface area contributed by atoms with Gasteiger partial charge in [0.15, 0.2) is 0 Å². The van der Waals surface area contributed by atoms with Crippen LogP contribution in [-0.2, 0) is 9.59 Å². The van der Waals surface area contributed by atoms with Crippen molar-refractivity contribution in [1.82, 2.24) is 9.80 Å². The molecule has 31 heavy (non-hydrogen) atoms. The molecule has 1 N–H and O–H groups in total. The Morgan fingerprint density at radius 1 is 0.903 bits per heavy atom. The van der Waals surface area contributed by atoms with E-state index in [1.807, 2.05) is 4.90 Å². The van der Waals surface area contributed by atoms with Gasteiger partial charge in [-0.1, -0.05) is 6.92 Å². The Bertz CT molecular complexity index is 678. The number of nitrogens with zero attached hydrogens (tertiary/aromatic N) is 2. The lowest BCUT2D eigenvalue weighted by molar-refractivity contribution is -0.191. The number of aliphatic hydroxyl groups is 1. The fraction of sp³-hybridized carbons (Fsp3) is 0.913. The van der Waals surface area contributed by atoms with Crippen molar-refractivity contribution in [3.63, 3.8) is 0 Å². The number of hydrogen-bond donors (Lipinski definition) is 1. The summed E-state index contributed by atoms with van der Waals surface area (Å²) in [6.07, 6.45) is 1.27. The summed E-state index contributed by atoms with van der Waals surface area (Å²) in [5.41, 5.74) is -1.16. The second-order valence-corrected chi connectivity index (χ2v) is 10.5. The SMILES string of the molecule is CC1CCC(C(F)(F)F)CC1C1CCC(C(=O)N2CCN(C(=O)C3(O)CC3)CC2)CC1. The summed E-state index contributed by atoms with van der Waals surface area (Å²) in [6, 6.07) is 0. The predicted molar refractivity (Wildman–Crippen MR) is 109 cm³/mol. The molecule has 1 aliphatic heterocycles. The summed E-state index contributed by atoms with van der Waals surface area (Å²) < 4.78 is 39.7. The molecule has 0 aromatic carbocycles. The van der Waals surface area contributed by atoms with Gasteiger partial charge in [0, 0.05) is 32.1 Å². The Labute approximate surface area is 182 Å². The summed E-state index contributed by atoms with van der Waals surface area (Å²) in [7, 11) is 0. The predicted octanol–water partition coefficient (Wildman–Crippen LogP) is 3.60. The van der Waals surface area contributed by atoms with Gasteiger partial charge in [0.05, 0.1) is 5.92 Å². The van der Waals surface area contributed by atoms with Crippen LogP contribution in [0.25, 0.3) is 0 Å². The molecule has 176 valence electrons. The maximum Gasteiger partial charge on any atom is 0.391 e. The summed E-state index contributed by atoms with van der Waals surface area (Å²) in [4.78, 5) is 28.7. The van der Waals surface area contributed by atoms with Crippen LogP contribution in [-0.4, -0.2) is 64.7 Å². The van der Waals surface area contributed by atoms with Crippen molar-refractivity contribution in [3.8, 4) is 0 Å². The van der Waals surface area contributed by atoms with Gasteiger partial charge in [-0.3, -0.25) is 9.59 Å². The molecule has 0 bridgehead atoms. The minimum atomic E-state index is -4.09. The van der Waals surface area contributed by atoms with Crippen LogP contribution in [0.4, 0.5) is 13.2 Å². The maximum atomic E-state index is 13.2. The van der Waals surface area contributed by atoms with Gasteiger partial charge in [-0.25, -0.2) is 0 Å². The molecule has 1 saturated heterocycles. The molecule has 0 radical (unpaired) electrons. The highest BCUT2D eigenvalue weighted by atomic mass is 19.4. The summed E-state index contributed by atoms with van der Waals surface area (Å²) in [5, 5.41) is 10.0. The molecule has 8 heteroatoms. The summed E-state index contributed by atoms with van der Waals surface area (Å²) in [5.74, 6) is -0.580. The van der Waals surface area contributed by atoms with Crippen molar-refractivity contribution in [2.45, 2.75) is 76.5 Å². The first-order valence-corrected chi connectivity index (χ1v) is 12.0. The fourth-order valence-electron chi connectivity index (χ4n) is 6.12. The quantitative estimate of drug-likeness (QED) is 0.724. The van der Waals surface area contributed by atoms with Gasteiger partial charge in [0.25, 0.3) is 5.91 Å². The van der Waals surface area contributed by atoms with E-state index in [4.69, 9.17) is 0 Å². The molecule has 0 aromatic heterocycles. The Morgan fingerprint density at radius 2 is 1.48 bits per heavy atom. The van der Waals surface area contributed by atoms with Crippen LogP contribution in [0, 0.1) is 29.6 Å². The second kappa shape index (κ2) is 8.56. The zero-order chi connectivity index (χ0) is 22.4. The highest BCUT2D eigenvalue weighted by molar-refractivity contribution is 5.88. The van der Waals surface area contributed by atoms with Crippen molar-refractivity contribution in [1.29, 1.82) is 0 Å². The van der Waals surface area contributed by atoms with Crippen molar-refractivity contribution in [3.05, 3.63) is 0 Å². The van der Waals surface area contributed by atoms with E-state index in [0.717, 1.165) is 25.7 Å². The normalized spacial score (nSPS) is 36.2. The highest BCUT2D eigenvalue weighted by Gasteiger charge is 2.51. The van der Waals surface area contributed by atoms with Crippen LogP contribution in [0.15, 0.2) is 0 Å². The number of piperazine rings is 1. The number of carbonyl (C=O) groups excluding carboxylic acids is 2. The first-order chi connectivity index (χ1) is 14.6. The van der Waals surface area contributed by atoms with E-state index in [2.05, 4.69) is 6.92 Å². The average molecular weight is 445 g/mol. The molecule has 3 aliphatic carbocycles. The number of amides is 2. The minimum absolute atomic E-state index is 0.0524. The molecule has 5 nitrogen and oxygen atoms in total. The topological polar surface area (TPSA) is 60.9 Å². The van der Waals surface area contributed by atoms with E-state index in [0.29, 0.717) is 51.4 Å². The molecule has 0 spiro atoms. The Morgan fingerprint density at radius 3 is 2.03 bits per heavy atom. The van der Waals surface area contributed by atoms with Gasteiger partial charge in [-0.2, -0.15) is 13.2 Å². The summed E-state index contributed by atoms with van der Waals surface area (Å²) >= 11 is 0. The van der Waals surface area contributed by atoms with E-state index >= 15 is 0 Å². The Hall–Kier alpha value is -1.31. The molecule has 1 heterocycles. The lowest BCUT2D eigenvalue weighted by Crippen LogP contribution is -2.54. The standard InChI is InChI=1S/C23H35F3N2O3/c1-15-2-7-18(23(24,25)26)14-19(15)16-3-5-17(6-4-16)20(29)27-10-12-28(13-11-27)21(30)22(31)8-9-22/h15-19,31H,2-14H2,1H3. The van der Waals surface area contributed by atoms with Crippen LogP contribution in [0.3, 0.4) is 0 Å². The van der Waals surface area contributed by atoms with E-state index < -0.39 is 17.7 Å². The van der Waals surface area contributed by atoms with Crippen LogP contribution in [0.1, 0.15) is 64.7 Å². The van der Waals surface area contributed by atoms with E-state index in [1.165, 1.54) is 0 Å². The third-order valence-corrected chi connectivity index (χ3v) is 8.45. The zero-order valence-electron chi connectivity index (χ0n) is 18.4. The maximum absolute atomic E-state index is 13.2. The van der Waals surface area contributed by atoms with Crippen LogP contribution in [0.5, 0.6) is 0 Å². The molecule has 3 unspecified atom stereocenters. The largest absolute Gasteiger partial charge is 0.391 e. The van der Waals surface area contributed by atoms with E-state index in [9.17, 15) is 27.9 Å². The highest BCUT2D eigenvalue weighted by Crippen LogP contribution is 2.48. The smallest absolute Gasteiger partial charge is 0.380 e. The van der Waals surface area contributed by atoms with Crippen LogP contribution >= 0.6 is 0 Å². The first kappa shape index (κ1) is 22.9. The van der Waals surface area contributed by atoms with Gasteiger partial charge >= 0.3 is 6.18 Å². The monoisotopic (exact) mass is 444 g/mol. The molecular formula is C23H35F3N2O3. The second-order valence-electron chi connectivity index (χ2n) is 10.5. The van der Waals surface area contributed by atoms with Crippen molar-refractivity contribution < 1.29 is 27.9 Å². The van der Waals surface area contributed by atoms with Crippen molar-refractivity contribution >= 4 is 11.8 Å². The van der Waals surface area contributed by atoms with Gasteiger partial charge < -0.3 is 14.9 Å². The molecule has 4 fully saturated rings. The zero-order valence-corrected chi connectivity index (χ0v) is 18.4. The minimum Gasteiger partial charge on any atom is -0.380 e.